The Hall–Kier alpha value is -0.650. The molecule has 0 aromatic heterocycles. The van der Waals surface area contributed by atoms with Crippen LogP contribution in [0.3, 0.4) is 0 Å². The van der Waals surface area contributed by atoms with Gasteiger partial charge in [0, 0.05) is 19.7 Å². The predicted octanol–water partition coefficient (Wildman–Crippen LogP) is 0.0207. The van der Waals surface area contributed by atoms with Crippen LogP contribution >= 0.6 is 0 Å². The average Bonchev–Trinajstić information content (AvgIpc) is 2.83. The summed E-state index contributed by atoms with van der Waals surface area (Å²) in [6.45, 7) is 2.03. The van der Waals surface area contributed by atoms with E-state index in [2.05, 4.69) is 5.32 Å². The smallest absolute Gasteiger partial charge is 0.227 e. The van der Waals surface area contributed by atoms with E-state index in [9.17, 15) is 4.79 Å². The molecule has 0 unspecified atom stereocenters. The molecule has 0 radical (unpaired) electrons. The van der Waals surface area contributed by atoms with Crippen molar-refractivity contribution < 1.29 is 14.6 Å². The Kier molecular flexibility index (Phi) is 6.47. The largest absolute Gasteiger partial charge is 0.394 e. The van der Waals surface area contributed by atoms with Crippen molar-refractivity contribution >= 4 is 5.91 Å². The number of hydrogen-bond donors (Lipinski definition) is 3. The Morgan fingerprint density at radius 3 is 2.65 bits per heavy atom. The fourth-order valence-electron chi connectivity index (χ4n) is 2.31. The summed E-state index contributed by atoms with van der Waals surface area (Å²) >= 11 is 0. The van der Waals surface area contributed by atoms with Gasteiger partial charge >= 0.3 is 0 Å². The van der Waals surface area contributed by atoms with Crippen LogP contribution in [-0.2, 0) is 9.53 Å². The molecule has 0 spiro atoms. The van der Waals surface area contributed by atoms with Crippen molar-refractivity contribution in [3.05, 3.63) is 0 Å². The van der Waals surface area contributed by atoms with Gasteiger partial charge in [-0.3, -0.25) is 4.79 Å². The molecule has 0 bridgehead atoms. The van der Waals surface area contributed by atoms with Crippen LogP contribution in [0.15, 0.2) is 0 Å². The van der Waals surface area contributed by atoms with Gasteiger partial charge in [0.05, 0.1) is 18.6 Å². The standard InChI is InChI=1S/C12H24N2O3/c13-10-12(4-1-2-5-12)11(16)14-6-3-8-17-9-7-15/h15H,1-10,13H2,(H,14,16). The quantitative estimate of drug-likeness (QED) is 0.526. The molecule has 0 aromatic carbocycles. The number of carbonyl (C=O) groups excluding carboxylic acids is 1. The number of ether oxygens (including phenoxy) is 1. The first kappa shape index (κ1) is 14.4. The van der Waals surface area contributed by atoms with E-state index in [0.29, 0.717) is 26.3 Å². The van der Waals surface area contributed by atoms with Gasteiger partial charge in [-0.05, 0) is 19.3 Å². The summed E-state index contributed by atoms with van der Waals surface area (Å²) in [6.07, 6.45) is 4.80. The van der Waals surface area contributed by atoms with Crippen LogP contribution in [0.1, 0.15) is 32.1 Å². The Bertz CT molecular complexity index is 228. The molecule has 5 nitrogen and oxygen atoms in total. The molecule has 0 heterocycles. The summed E-state index contributed by atoms with van der Waals surface area (Å²) in [5.41, 5.74) is 5.41. The van der Waals surface area contributed by atoms with Gasteiger partial charge in [-0.2, -0.15) is 0 Å². The average molecular weight is 244 g/mol. The maximum absolute atomic E-state index is 12.0. The zero-order valence-corrected chi connectivity index (χ0v) is 10.4. The van der Waals surface area contributed by atoms with Gasteiger partial charge in [-0.15, -0.1) is 0 Å². The summed E-state index contributed by atoms with van der Waals surface area (Å²) in [5.74, 6) is 0.0969. The van der Waals surface area contributed by atoms with E-state index in [4.69, 9.17) is 15.6 Å². The molecule has 1 saturated carbocycles. The third kappa shape index (κ3) is 4.26. The lowest BCUT2D eigenvalue weighted by Crippen LogP contribution is -2.44. The van der Waals surface area contributed by atoms with Crippen LogP contribution in [0.5, 0.6) is 0 Å². The van der Waals surface area contributed by atoms with Crippen molar-refractivity contribution in [3.8, 4) is 0 Å². The highest BCUT2D eigenvalue weighted by molar-refractivity contribution is 5.83. The van der Waals surface area contributed by atoms with E-state index in [1.807, 2.05) is 0 Å². The predicted molar refractivity (Wildman–Crippen MR) is 65.5 cm³/mol. The Morgan fingerprint density at radius 1 is 1.35 bits per heavy atom. The van der Waals surface area contributed by atoms with Crippen molar-refractivity contribution in [3.63, 3.8) is 0 Å². The SMILES string of the molecule is NCC1(C(=O)NCCCOCCO)CCCC1. The third-order valence-corrected chi connectivity index (χ3v) is 3.42. The minimum absolute atomic E-state index is 0.0443. The van der Waals surface area contributed by atoms with Crippen LogP contribution in [-0.4, -0.2) is 43.9 Å². The van der Waals surface area contributed by atoms with Crippen LogP contribution in [0.2, 0.25) is 0 Å². The first-order chi connectivity index (χ1) is 8.25. The number of nitrogens with one attached hydrogen (secondary N) is 1. The molecule has 1 aliphatic carbocycles. The van der Waals surface area contributed by atoms with Crippen LogP contribution in [0.4, 0.5) is 0 Å². The van der Waals surface area contributed by atoms with E-state index in [1.165, 1.54) is 0 Å². The van der Waals surface area contributed by atoms with E-state index in [-0.39, 0.29) is 17.9 Å². The van der Waals surface area contributed by atoms with E-state index in [1.54, 1.807) is 0 Å². The topological polar surface area (TPSA) is 84.6 Å². The fourth-order valence-corrected chi connectivity index (χ4v) is 2.31. The summed E-state index contributed by atoms with van der Waals surface area (Å²) < 4.78 is 5.12. The minimum Gasteiger partial charge on any atom is -0.394 e. The highest BCUT2D eigenvalue weighted by Gasteiger charge is 2.39. The van der Waals surface area contributed by atoms with Gasteiger partial charge in [0.15, 0.2) is 0 Å². The molecule has 1 aliphatic rings. The molecular weight excluding hydrogens is 220 g/mol. The van der Waals surface area contributed by atoms with E-state index >= 15 is 0 Å². The highest BCUT2D eigenvalue weighted by Crippen LogP contribution is 2.37. The lowest BCUT2D eigenvalue weighted by atomic mass is 9.85. The van der Waals surface area contributed by atoms with Crippen molar-refractivity contribution in [1.82, 2.24) is 5.32 Å². The van der Waals surface area contributed by atoms with Crippen molar-refractivity contribution in [1.29, 1.82) is 0 Å². The van der Waals surface area contributed by atoms with Crippen LogP contribution < -0.4 is 11.1 Å². The molecule has 17 heavy (non-hydrogen) atoms. The van der Waals surface area contributed by atoms with Gasteiger partial charge in [0.2, 0.25) is 5.91 Å². The molecule has 5 heteroatoms. The van der Waals surface area contributed by atoms with Crippen LogP contribution in [0.25, 0.3) is 0 Å². The third-order valence-electron chi connectivity index (χ3n) is 3.42. The molecule has 100 valence electrons. The summed E-state index contributed by atoms with van der Waals surface area (Å²) in [4.78, 5) is 12.0. The Morgan fingerprint density at radius 2 is 2.06 bits per heavy atom. The van der Waals surface area contributed by atoms with E-state index in [0.717, 1.165) is 32.1 Å². The normalized spacial score (nSPS) is 18.2. The fraction of sp³-hybridized carbons (Fsp3) is 0.917. The van der Waals surface area contributed by atoms with Gasteiger partial charge in [-0.1, -0.05) is 12.8 Å². The molecule has 0 saturated heterocycles. The van der Waals surface area contributed by atoms with Gasteiger partial charge in [0.25, 0.3) is 0 Å². The molecule has 1 fully saturated rings. The number of rotatable bonds is 8. The number of hydrogen-bond acceptors (Lipinski definition) is 4. The second-order valence-electron chi connectivity index (χ2n) is 4.64. The number of aliphatic hydroxyl groups is 1. The van der Waals surface area contributed by atoms with Crippen LogP contribution in [0, 0.1) is 5.41 Å². The highest BCUT2D eigenvalue weighted by atomic mass is 16.5. The zero-order valence-electron chi connectivity index (χ0n) is 10.4. The zero-order chi connectivity index (χ0) is 12.6. The second-order valence-corrected chi connectivity index (χ2v) is 4.64. The summed E-state index contributed by atoms with van der Waals surface area (Å²) in [5, 5.41) is 11.4. The van der Waals surface area contributed by atoms with Gasteiger partial charge in [0.1, 0.15) is 0 Å². The molecule has 1 rings (SSSR count). The summed E-state index contributed by atoms with van der Waals surface area (Å²) in [7, 11) is 0. The van der Waals surface area contributed by atoms with Crippen molar-refractivity contribution in [2.75, 3.05) is 32.9 Å². The van der Waals surface area contributed by atoms with Crippen molar-refractivity contribution in [2.24, 2.45) is 11.1 Å². The molecular formula is C12H24N2O3. The maximum Gasteiger partial charge on any atom is 0.227 e. The van der Waals surface area contributed by atoms with E-state index < -0.39 is 0 Å². The molecule has 0 atom stereocenters. The molecule has 0 aliphatic heterocycles. The number of aliphatic hydroxyl groups excluding tert-OH is 1. The monoisotopic (exact) mass is 244 g/mol. The maximum atomic E-state index is 12.0. The van der Waals surface area contributed by atoms with Gasteiger partial charge < -0.3 is 20.9 Å². The summed E-state index contributed by atoms with van der Waals surface area (Å²) in [6, 6.07) is 0. The molecule has 0 aromatic rings. The van der Waals surface area contributed by atoms with Crippen molar-refractivity contribution in [2.45, 2.75) is 32.1 Å². The second kappa shape index (κ2) is 7.63. The first-order valence-corrected chi connectivity index (χ1v) is 6.42. The Labute approximate surface area is 103 Å². The number of nitrogens with two attached hydrogens (primary N) is 1. The number of amides is 1. The van der Waals surface area contributed by atoms with Gasteiger partial charge in [-0.25, -0.2) is 0 Å². The first-order valence-electron chi connectivity index (χ1n) is 6.42. The number of carbonyl (C=O) groups is 1. The Balaban J connectivity index is 2.15. The minimum atomic E-state index is -0.314. The lowest BCUT2D eigenvalue weighted by molar-refractivity contribution is -0.130. The molecule has 4 N–H and O–H groups in total. The lowest BCUT2D eigenvalue weighted by Gasteiger charge is -2.25. The molecule has 1 amide bonds.